The molecule has 0 fully saturated rings. The summed E-state index contributed by atoms with van der Waals surface area (Å²) in [5, 5.41) is 7.58. The average molecular weight is 634 g/mol. The Labute approximate surface area is 267 Å². The van der Waals surface area contributed by atoms with Crippen molar-refractivity contribution in [2.75, 3.05) is 4.90 Å². The third-order valence-electron chi connectivity index (χ3n) is 9.06. The van der Waals surface area contributed by atoms with Gasteiger partial charge in [0.15, 0.2) is 0 Å². The number of aryl methyl sites for hydroxylation is 4. The van der Waals surface area contributed by atoms with Crippen LogP contribution in [0.2, 0.25) is 0 Å². The summed E-state index contributed by atoms with van der Waals surface area (Å²) in [6.45, 7) is 15.6. The zero-order valence-electron chi connectivity index (χ0n) is 25.9. The van der Waals surface area contributed by atoms with E-state index in [1.165, 1.54) is 76.7 Å². The van der Waals surface area contributed by atoms with E-state index in [9.17, 15) is 0 Å². The number of hydrogen-bond donors (Lipinski definition) is 0. The number of anilines is 3. The van der Waals surface area contributed by atoms with Crippen LogP contribution < -0.4 is 36.7 Å². The summed E-state index contributed by atoms with van der Waals surface area (Å²) in [7, 11) is 0. The summed E-state index contributed by atoms with van der Waals surface area (Å²) < 4.78 is 0. The van der Waals surface area contributed by atoms with Crippen molar-refractivity contribution in [1.82, 2.24) is 0 Å². The topological polar surface area (TPSA) is 3.24 Å². The van der Waals surface area contributed by atoms with E-state index >= 15 is 0 Å². The van der Waals surface area contributed by atoms with E-state index in [-0.39, 0.29) is 5.41 Å². The molecule has 0 saturated carbocycles. The molecule has 0 radical (unpaired) electrons. The van der Waals surface area contributed by atoms with Gasteiger partial charge in [-0.05, 0) is 85.7 Å². The summed E-state index contributed by atoms with van der Waals surface area (Å²) in [4.78, 5) is 2.51. The van der Waals surface area contributed by atoms with Gasteiger partial charge in [0.05, 0.1) is 17.1 Å². The molecule has 0 saturated heterocycles. The molecule has 43 heavy (non-hydrogen) atoms. The van der Waals surface area contributed by atoms with Gasteiger partial charge >= 0.3 is 0 Å². The molecule has 2 atom stereocenters. The summed E-state index contributed by atoms with van der Waals surface area (Å²) in [6.07, 6.45) is 0. The van der Waals surface area contributed by atoms with Crippen LogP contribution in [-0.2, 0) is 29.0 Å². The van der Waals surface area contributed by atoms with E-state index in [0.29, 0.717) is 0 Å². The highest BCUT2D eigenvalue weighted by molar-refractivity contribution is 8.27. The second-order valence-electron chi connectivity index (χ2n) is 13.3. The second-order valence-corrected chi connectivity index (χ2v) is 22.0. The molecule has 2 heterocycles. The Morgan fingerprint density at radius 2 is 0.860 bits per heavy atom. The van der Waals surface area contributed by atoms with Crippen LogP contribution >= 0.6 is 12.1 Å². The maximum Gasteiger partial charge on any atom is 0.0644 e. The molecule has 5 aromatic carbocycles. The van der Waals surface area contributed by atoms with E-state index in [2.05, 4.69) is 150 Å². The Morgan fingerprint density at radius 1 is 0.488 bits per heavy atom. The molecule has 0 N–H and O–H groups in total. The molecule has 0 aliphatic carbocycles. The fourth-order valence-corrected chi connectivity index (χ4v) is 15.3. The standard InChI is InChI=1S/C38H37NP2S2/c1-24-8-14-29(15-9-24)40(42)33-20-26(3)12-18-31(33)39-32-19-13-27(4)21-34(32)41(43,30-16-10-25(2)11-17-30)36-23-28(38(5,6)7)22-35(40)37(36)39/h8-23H,1-7H3. The van der Waals surface area contributed by atoms with Gasteiger partial charge in [-0.2, -0.15) is 0 Å². The largest absolute Gasteiger partial charge is 0.308 e. The predicted molar refractivity (Wildman–Crippen MR) is 198 cm³/mol. The summed E-state index contributed by atoms with van der Waals surface area (Å²) >= 11 is 14.2. The van der Waals surface area contributed by atoms with Crippen LogP contribution in [0.1, 0.15) is 48.6 Å². The smallest absolute Gasteiger partial charge is 0.0644 e. The molecule has 216 valence electrons. The minimum atomic E-state index is -2.45. The lowest BCUT2D eigenvalue weighted by molar-refractivity contribution is 0.591. The highest BCUT2D eigenvalue weighted by Gasteiger charge is 2.46. The lowest BCUT2D eigenvalue weighted by Crippen LogP contribution is -2.46. The first-order valence-electron chi connectivity index (χ1n) is 14.9. The third kappa shape index (κ3) is 4.23. The van der Waals surface area contributed by atoms with Gasteiger partial charge in [-0.1, -0.05) is 127 Å². The van der Waals surface area contributed by atoms with Gasteiger partial charge in [-0.3, -0.25) is 0 Å². The first-order chi connectivity index (χ1) is 20.3. The Morgan fingerprint density at radius 3 is 1.23 bits per heavy atom. The minimum Gasteiger partial charge on any atom is -0.308 e. The molecule has 0 aromatic heterocycles. The third-order valence-corrected chi connectivity index (χ3v) is 18.8. The Hall–Kier alpha value is -2.80. The fourth-order valence-electron chi connectivity index (χ4n) is 6.59. The molecule has 5 heteroatoms. The quantitative estimate of drug-likeness (QED) is 0.179. The number of fused-ring (bicyclic) bond motifs is 4. The van der Waals surface area contributed by atoms with Crippen LogP contribution in [0.4, 0.5) is 17.1 Å². The van der Waals surface area contributed by atoms with Crippen molar-refractivity contribution in [1.29, 1.82) is 0 Å². The van der Waals surface area contributed by atoms with E-state index in [1.807, 2.05) is 0 Å². The van der Waals surface area contributed by atoms with E-state index in [0.717, 1.165) is 0 Å². The van der Waals surface area contributed by atoms with Crippen LogP contribution in [0.25, 0.3) is 0 Å². The van der Waals surface area contributed by atoms with Crippen LogP contribution in [0.5, 0.6) is 0 Å². The molecule has 0 bridgehead atoms. The van der Waals surface area contributed by atoms with Crippen molar-refractivity contribution in [3.05, 3.63) is 125 Å². The zero-order chi connectivity index (χ0) is 30.5. The SMILES string of the molecule is Cc1ccc(P2(=S)c3cc(C)ccc3N3c4ccc(C)cc4P(=S)(c4ccc(C)cc4)c4cc(C(C)(C)C)cc2c43)cc1. The Bertz CT molecular complexity index is 1910. The van der Waals surface area contributed by atoms with Gasteiger partial charge < -0.3 is 4.90 Å². The molecule has 0 amide bonds. The lowest BCUT2D eigenvalue weighted by Gasteiger charge is -2.47. The Kier molecular flexibility index (Phi) is 6.63. The van der Waals surface area contributed by atoms with Crippen molar-refractivity contribution in [2.45, 2.75) is 53.9 Å². The first-order valence-corrected chi connectivity index (χ1v) is 20.5. The van der Waals surface area contributed by atoms with Crippen LogP contribution in [0.15, 0.2) is 97.1 Å². The normalized spacial score (nSPS) is 20.3. The van der Waals surface area contributed by atoms with E-state index in [1.54, 1.807) is 0 Å². The molecule has 2 aliphatic heterocycles. The summed E-state index contributed by atoms with van der Waals surface area (Å²) in [6, 6.07) is 31.8. The van der Waals surface area contributed by atoms with Gasteiger partial charge in [0, 0.05) is 33.3 Å². The zero-order valence-corrected chi connectivity index (χ0v) is 29.3. The van der Waals surface area contributed by atoms with Gasteiger partial charge in [-0.15, -0.1) is 0 Å². The molecule has 2 aliphatic rings. The van der Waals surface area contributed by atoms with Crippen molar-refractivity contribution >= 4 is 84.6 Å². The van der Waals surface area contributed by atoms with Crippen LogP contribution in [0, 0.1) is 27.7 Å². The molecule has 2 unspecified atom stereocenters. The molecule has 1 nitrogen and oxygen atoms in total. The van der Waals surface area contributed by atoms with Crippen LogP contribution in [-0.4, -0.2) is 0 Å². The number of benzene rings is 5. The molecule has 5 aromatic rings. The van der Waals surface area contributed by atoms with Gasteiger partial charge in [0.1, 0.15) is 0 Å². The minimum absolute atomic E-state index is 0.0724. The lowest BCUT2D eigenvalue weighted by atomic mass is 9.87. The maximum atomic E-state index is 7.09. The second kappa shape index (κ2) is 9.85. The number of rotatable bonds is 2. The average Bonchev–Trinajstić information content (AvgIpc) is 2.97. The van der Waals surface area contributed by atoms with Crippen molar-refractivity contribution in [3.63, 3.8) is 0 Å². The van der Waals surface area contributed by atoms with Crippen molar-refractivity contribution < 1.29 is 0 Å². The Balaban J connectivity index is 1.71. The van der Waals surface area contributed by atoms with Gasteiger partial charge in [0.25, 0.3) is 0 Å². The maximum absolute atomic E-state index is 7.09. The highest BCUT2D eigenvalue weighted by Crippen LogP contribution is 2.61. The van der Waals surface area contributed by atoms with Gasteiger partial charge in [0.2, 0.25) is 0 Å². The van der Waals surface area contributed by atoms with Crippen molar-refractivity contribution in [2.24, 2.45) is 0 Å². The number of nitrogens with zero attached hydrogens (tertiary/aromatic N) is 1. The number of hydrogen-bond acceptors (Lipinski definition) is 3. The van der Waals surface area contributed by atoms with Crippen LogP contribution in [0.3, 0.4) is 0 Å². The summed E-state index contributed by atoms with van der Waals surface area (Å²) in [5.41, 5.74) is 9.82. The van der Waals surface area contributed by atoms with E-state index < -0.39 is 12.1 Å². The molecule has 7 rings (SSSR count). The fraction of sp³-hybridized carbons (Fsp3) is 0.211. The molecule has 0 spiro atoms. The first kappa shape index (κ1) is 28.9. The summed E-state index contributed by atoms with van der Waals surface area (Å²) in [5.74, 6) is 0. The highest BCUT2D eigenvalue weighted by atomic mass is 32.4. The van der Waals surface area contributed by atoms with E-state index in [4.69, 9.17) is 23.6 Å². The predicted octanol–water partition coefficient (Wildman–Crippen LogP) is 7.83. The molecular weight excluding hydrogens is 597 g/mol. The molecular formula is C38H37NP2S2. The van der Waals surface area contributed by atoms with Crippen molar-refractivity contribution in [3.8, 4) is 0 Å². The van der Waals surface area contributed by atoms with Gasteiger partial charge in [-0.25, -0.2) is 0 Å². The monoisotopic (exact) mass is 633 g/mol.